The SMILES string of the molecule is CCOC(=O)C(OC(=O)Oc1cc(C(C)(C)C)c(O)cc1C(C)(C)C)c1cc2c(cc1[N+](=O)[O-])OCO2. The van der Waals surface area contributed by atoms with Crippen LogP contribution in [0.2, 0.25) is 0 Å². The topological polar surface area (TPSA) is 144 Å². The van der Waals surface area contributed by atoms with Gasteiger partial charge in [-0.3, -0.25) is 10.1 Å². The number of rotatable bonds is 6. The molecule has 1 unspecified atom stereocenters. The summed E-state index contributed by atoms with van der Waals surface area (Å²) in [5.74, 6) is -0.607. The number of esters is 1. The summed E-state index contributed by atoms with van der Waals surface area (Å²) in [5, 5.41) is 22.4. The molecule has 0 aromatic heterocycles. The normalized spacial score (nSPS) is 13.6. The smallest absolute Gasteiger partial charge is 0.508 e. The summed E-state index contributed by atoms with van der Waals surface area (Å²) in [6, 6.07) is 5.36. The van der Waals surface area contributed by atoms with Gasteiger partial charge >= 0.3 is 12.1 Å². The molecule has 1 heterocycles. The van der Waals surface area contributed by atoms with Crippen LogP contribution in [0.15, 0.2) is 24.3 Å². The van der Waals surface area contributed by atoms with E-state index in [9.17, 15) is 24.8 Å². The molecule has 200 valence electrons. The molecule has 37 heavy (non-hydrogen) atoms. The maximum Gasteiger partial charge on any atom is 0.515 e. The lowest BCUT2D eigenvalue weighted by Crippen LogP contribution is -2.25. The zero-order valence-corrected chi connectivity index (χ0v) is 21.9. The third-order valence-corrected chi connectivity index (χ3v) is 5.62. The van der Waals surface area contributed by atoms with Crippen LogP contribution >= 0.6 is 0 Å². The first kappa shape index (κ1) is 27.6. The van der Waals surface area contributed by atoms with Gasteiger partial charge in [0.25, 0.3) is 5.69 Å². The van der Waals surface area contributed by atoms with Gasteiger partial charge in [-0.15, -0.1) is 0 Å². The van der Waals surface area contributed by atoms with Crippen LogP contribution in [-0.4, -0.2) is 35.6 Å². The lowest BCUT2D eigenvalue weighted by molar-refractivity contribution is -0.386. The van der Waals surface area contributed by atoms with Crippen molar-refractivity contribution in [3.63, 3.8) is 0 Å². The third kappa shape index (κ3) is 6.04. The number of nitro groups is 1. The molecule has 0 amide bonds. The second-order valence-corrected chi connectivity index (χ2v) is 10.5. The Labute approximate surface area is 214 Å². The number of carbonyl (C=O) groups excluding carboxylic acids is 2. The number of carbonyl (C=O) groups is 2. The summed E-state index contributed by atoms with van der Waals surface area (Å²) < 4.78 is 26.4. The Bertz CT molecular complexity index is 1220. The van der Waals surface area contributed by atoms with Gasteiger partial charge in [0.2, 0.25) is 12.9 Å². The molecule has 1 atom stereocenters. The van der Waals surface area contributed by atoms with E-state index in [2.05, 4.69) is 0 Å². The molecule has 1 aliphatic rings. The lowest BCUT2D eigenvalue weighted by atomic mass is 9.81. The van der Waals surface area contributed by atoms with E-state index in [-0.39, 0.29) is 42.0 Å². The van der Waals surface area contributed by atoms with Crippen molar-refractivity contribution in [2.75, 3.05) is 13.4 Å². The Hall–Kier alpha value is -4.02. The molecule has 0 aliphatic carbocycles. The maximum atomic E-state index is 13.0. The van der Waals surface area contributed by atoms with Gasteiger partial charge in [-0.25, -0.2) is 9.59 Å². The summed E-state index contributed by atoms with van der Waals surface area (Å²) in [6.45, 7) is 12.6. The van der Waals surface area contributed by atoms with E-state index < -0.39 is 39.7 Å². The average molecular weight is 518 g/mol. The number of nitrogens with zero attached hydrogens (tertiary/aromatic N) is 1. The quantitative estimate of drug-likeness (QED) is 0.227. The van der Waals surface area contributed by atoms with Crippen molar-refractivity contribution < 1.29 is 43.3 Å². The summed E-state index contributed by atoms with van der Waals surface area (Å²) in [5.41, 5.74) is -0.774. The molecule has 2 aromatic rings. The van der Waals surface area contributed by atoms with Crippen molar-refractivity contribution in [3.8, 4) is 23.0 Å². The van der Waals surface area contributed by atoms with Gasteiger partial charge in [0.15, 0.2) is 11.5 Å². The molecule has 1 aliphatic heterocycles. The van der Waals surface area contributed by atoms with Crippen LogP contribution < -0.4 is 14.2 Å². The molecule has 0 saturated heterocycles. The predicted molar refractivity (Wildman–Crippen MR) is 131 cm³/mol. The van der Waals surface area contributed by atoms with Crippen LogP contribution in [-0.2, 0) is 25.1 Å². The van der Waals surface area contributed by atoms with Gasteiger partial charge in [0, 0.05) is 11.1 Å². The fourth-order valence-corrected chi connectivity index (χ4v) is 3.82. The highest BCUT2D eigenvalue weighted by molar-refractivity contribution is 5.82. The number of phenolic OH excluding ortho intramolecular Hbond substituents is 1. The first-order chi connectivity index (χ1) is 17.1. The minimum Gasteiger partial charge on any atom is -0.508 e. The number of ether oxygens (including phenoxy) is 5. The maximum absolute atomic E-state index is 13.0. The molecule has 11 heteroatoms. The molecule has 0 bridgehead atoms. The van der Waals surface area contributed by atoms with E-state index in [1.807, 2.05) is 41.5 Å². The van der Waals surface area contributed by atoms with Crippen LogP contribution in [0.25, 0.3) is 0 Å². The molecule has 3 rings (SSSR count). The van der Waals surface area contributed by atoms with E-state index in [0.29, 0.717) is 11.1 Å². The van der Waals surface area contributed by atoms with Crippen molar-refractivity contribution in [3.05, 3.63) is 51.1 Å². The van der Waals surface area contributed by atoms with Gasteiger partial charge in [-0.2, -0.15) is 0 Å². The highest BCUT2D eigenvalue weighted by Gasteiger charge is 2.37. The Morgan fingerprint density at radius 3 is 2.16 bits per heavy atom. The van der Waals surface area contributed by atoms with Gasteiger partial charge in [-0.05, 0) is 36.0 Å². The third-order valence-electron chi connectivity index (χ3n) is 5.62. The van der Waals surface area contributed by atoms with Crippen LogP contribution in [0.4, 0.5) is 10.5 Å². The Balaban J connectivity index is 2.03. The highest BCUT2D eigenvalue weighted by Crippen LogP contribution is 2.43. The van der Waals surface area contributed by atoms with Gasteiger partial charge in [0.05, 0.1) is 23.2 Å². The highest BCUT2D eigenvalue weighted by atomic mass is 16.7. The zero-order valence-electron chi connectivity index (χ0n) is 21.9. The van der Waals surface area contributed by atoms with Gasteiger partial charge in [0.1, 0.15) is 11.5 Å². The summed E-state index contributed by atoms with van der Waals surface area (Å²) in [6.07, 6.45) is -3.11. The minimum atomic E-state index is -1.82. The second-order valence-electron chi connectivity index (χ2n) is 10.5. The van der Waals surface area contributed by atoms with Crippen molar-refractivity contribution in [2.24, 2.45) is 0 Å². The molecule has 0 spiro atoms. The number of fused-ring (bicyclic) bond motifs is 1. The summed E-state index contributed by atoms with van der Waals surface area (Å²) in [4.78, 5) is 36.8. The standard InChI is InChI=1S/C26H31NO10/c1-8-33-23(29)22(14-9-20-21(35-13-34-20)12-17(14)27(31)32)37-24(30)36-19-11-15(25(2,3)4)18(28)10-16(19)26(5,6)7/h9-12,22,28H,8,13H2,1-7H3. The number of phenols is 1. The fourth-order valence-electron chi connectivity index (χ4n) is 3.82. The number of benzene rings is 2. The van der Waals surface area contributed by atoms with E-state index in [0.717, 1.165) is 6.07 Å². The van der Waals surface area contributed by atoms with Gasteiger partial charge < -0.3 is 28.8 Å². The molecular formula is C26H31NO10. The van der Waals surface area contributed by atoms with Crippen molar-refractivity contribution >= 4 is 17.8 Å². The van der Waals surface area contributed by atoms with Crippen molar-refractivity contribution in [1.82, 2.24) is 0 Å². The van der Waals surface area contributed by atoms with Crippen LogP contribution in [0.1, 0.15) is 71.3 Å². The van der Waals surface area contributed by atoms with E-state index in [1.54, 1.807) is 13.0 Å². The van der Waals surface area contributed by atoms with Crippen molar-refractivity contribution in [1.29, 1.82) is 0 Å². The van der Waals surface area contributed by atoms with Crippen LogP contribution in [0.5, 0.6) is 23.0 Å². The van der Waals surface area contributed by atoms with Crippen LogP contribution in [0.3, 0.4) is 0 Å². The zero-order chi connectivity index (χ0) is 27.7. The average Bonchev–Trinajstić information content (AvgIpc) is 3.23. The Kier molecular flexibility index (Phi) is 7.56. The first-order valence-electron chi connectivity index (χ1n) is 11.6. The summed E-state index contributed by atoms with van der Waals surface area (Å²) >= 11 is 0. The fraction of sp³-hybridized carbons (Fsp3) is 0.462. The molecule has 11 nitrogen and oxygen atoms in total. The predicted octanol–water partition coefficient (Wildman–Crippen LogP) is 5.44. The van der Waals surface area contributed by atoms with Gasteiger partial charge in [-0.1, -0.05) is 41.5 Å². The van der Waals surface area contributed by atoms with E-state index >= 15 is 0 Å². The summed E-state index contributed by atoms with van der Waals surface area (Å²) in [7, 11) is 0. The number of hydrogen-bond donors (Lipinski definition) is 1. The minimum absolute atomic E-state index is 0.0403. The van der Waals surface area contributed by atoms with Crippen LogP contribution in [0, 0.1) is 10.1 Å². The molecule has 0 fully saturated rings. The largest absolute Gasteiger partial charge is 0.515 e. The first-order valence-corrected chi connectivity index (χ1v) is 11.6. The Morgan fingerprint density at radius 2 is 1.62 bits per heavy atom. The molecular weight excluding hydrogens is 486 g/mol. The number of hydrogen-bond acceptors (Lipinski definition) is 10. The molecule has 0 saturated carbocycles. The molecule has 0 radical (unpaired) electrons. The number of aromatic hydroxyl groups is 1. The van der Waals surface area contributed by atoms with E-state index in [4.69, 9.17) is 23.7 Å². The monoisotopic (exact) mass is 517 g/mol. The second kappa shape index (κ2) is 10.2. The molecule has 1 N–H and O–H groups in total. The number of nitro benzene ring substituents is 1. The van der Waals surface area contributed by atoms with Crippen molar-refractivity contribution in [2.45, 2.75) is 65.4 Å². The van der Waals surface area contributed by atoms with E-state index in [1.165, 1.54) is 12.1 Å². The molecule has 2 aromatic carbocycles. The Morgan fingerprint density at radius 1 is 1.03 bits per heavy atom. The lowest BCUT2D eigenvalue weighted by Gasteiger charge is -2.27.